The van der Waals surface area contributed by atoms with Gasteiger partial charge in [0.15, 0.2) is 0 Å². The molecule has 0 saturated carbocycles. The monoisotopic (exact) mass is 451 g/mol. The fourth-order valence-corrected chi connectivity index (χ4v) is 5.41. The number of hydrogen-bond donors (Lipinski definition) is 0. The van der Waals surface area contributed by atoms with Gasteiger partial charge < -0.3 is 19.6 Å². The van der Waals surface area contributed by atoms with Crippen LogP contribution in [0.5, 0.6) is 0 Å². The van der Waals surface area contributed by atoms with Gasteiger partial charge in [-0.15, -0.1) is 0 Å². The van der Waals surface area contributed by atoms with Crippen LogP contribution in [0.2, 0.25) is 0 Å². The van der Waals surface area contributed by atoms with Crippen molar-refractivity contribution in [1.29, 1.82) is 0 Å². The summed E-state index contributed by atoms with van der Waals surface area (Å²) in [6, 6.07) is 15.3. The summed E-state index contributed by atoms with van der Waals surface area (Å²) in [6.07, 6.45) is 8.55. The van der Waals surface area contributed by atoms with Crippen LogP contribution in [0.3, 0.4) is 0 Å². The zero-order chi connectivity index (χ0) is 24.0. The molecule has 0 bridgehead atoms. The van der Waals surface area contributed by atoms with E-state index in [0.717, 1.165) is 25.0 Å². The molecule has 0 amide bonds. The maximum absolute atomic E-state index is 5.01. The molecule has 0 unspecified atom stereocenters. The van der Waals surface area contributed by atoms with Crippen molar-refractivity contribution < 1.29 is 0 Å². The summed E-state index contributed by atoms with van der Waals surface area (Å²) in [5, 5.41) is 0. The third kappa shape index (κ3) is 4.03. The van der Waals surface area contributed by atoms with Crippen LogP contribution in [0.1, 0.15) is 33.4 Å². The maximum Gasteiger partial charge on any atom is 0.136 e. The average Bonchev–Trinajstić information content (AvgIpc) is 3.43. The summed E-state index contributed by atoms with van der Waals surface area (Å²) in [5.41, 5.74) is 10.4. The van der Waals surface area contributed by atoms with Gasteiger partial charge in [0, 0.05) is 36.2 Å². The molecule has 5 heteroatoms. The Morgan fingerprint density at radius 1 is 0.529 bits per heavy atom. The van der Waals surface area contributed by atoms with E-state index in [9.17, 15) is 0 Å². The molecular formula is C29H33N5. The van der Waals surface area contributed by atoms with Crippen molar-refractivity contribution in [3.8, 4) is 0 Å². The molecule has 1 aromatic heterocycles. The minimum Gasteiger partial charge on any atom is -0.327 e. The summed E-state index contributed by atoms with van der Waals surface area (Å²) in [4.78, 5) is 14.0. The second kappa shape index (κ2) is 8.56. The molecule has 0 aliphatic carbocycles. The number of aryl methyl sites for hydroxylation is 6. The lowest BCUT2D eigenvalue weighted by atomic mass is 10.0. The SMILES string of the molecule is Cc1cc(C)c(N2C=CN(c3cccc(N4C=CN(c5c(C)cc(C)cc5C)C4)n3)C2)c(C)c1. The lowest BCUT2D eigenvalue weighted by Gasteiger charge is -2.26. The van der Waals surface area contributed by atoms with Crippen molar-refractivity contribution >= 4 is 23.0 Å². The number of aromatic nitrogens is 1. The molecule has 34 heavy (non-hydrogen) atoms. The van der Waals surface area contributed by atoms with Crippen molar-refractivity contribution in [2.24, 2.45) is 0 Å². The molecule has 2 aliphatic rings. The van der Waals surface area contributed by atoms with E-state index >= 15 is 0 Å². The Labute approximate surface area is 203 Å². The fourth-order valence-electron chi connectivity index (χ4n) is 5.41. The van der Waals surface area contributed by atoms with Gasteiger partial charge in [-0.05, 0) is 75.9 Å². The lowest BCUT2D eigenvalue weighted by molar-refractivity contribution is 0.919. The molecule has 174 valence electrons. The van der Waals surface area contributed by atoms with Crippen LogP contribution in [-0.2, 0) is 0 Å². The van der Waals surface area contributed by atoms with Crippen LogP contribution in [0, 0.1) is 41.5 Å². The van der Waals surface area contributed by atoms with E-state index in [1.165, 1.54) is 44.8 Å². The van der Waals surface area contributed by atoms with E-state index in [1.807, 2.05) is 0 Å². The summed E-state index contributed by atoms with van der Waals surface area (Å²) >= 11 is 0. The second-order valence-corrected chi connectivity index (χ2v) is 9.61. The largest absolute Gasteiger partial charge is 0.327 e. The molecule has 0 atom stereocenters. The Morgan fingerprint density at radius 3 is 1.26 bits per heavy atom. The standard InChI is InChI=1S/C29H33N5/c1-20-14-22(3)28(23(4)15-20)33-12-10-31(18-33)26-8-7-9-27(30-26)32-11-13-34(19-32)29-24(5)16-21(2)17-25(29)6/h7-17H,18-19H2,1-6H3. The van der Waals surface area contributed by atoms with E-state index in [0.29, 0.717) is 0 Å². The Morgan fingerprint density at radius 2 is 0.882 bits per heavy atom. The summed E-state index contributed by atoms with van der Waals surface area (Å²) < 4.78 is 0. The Hall–Kier alpha value is -3.73. The summed E-state index contributed by atoms with van der Waals surface area (Å²) in [7, 11) is 0. The predicted octanol–water partition coefficient (Wildman–Crippen LogP) is 6.44. The molecule has 0 N–H and O–H groups in total. The van der Waals surface area contributed by atoms with Gasteiger partial charge in [-0.3, -0.25) is 0 Å². The normalized spacial score (nSPS) is 15.2. The number of anilines is 4. The van der Waals surface area contributed by atoms with Crippen LogP contribution < -0.4 is 19.6 Å². The van der Waals surface area contributed by atoms with Gasteiger partial charge in [0.1, 0.15) is 25.0 Å². The van der Waals surface area contributed by atoms with E-state index < -0.39 is 0 Å². The fraction of sp³-hybridized carbons (Fsp3) is 0.276. The topological polar surface area (TPSA) is 25.9 Å². The molecule has 2 aromatic carbocycles. The minimum atomic E-state index is 0.755. The molecule has 5 rings (SSSR count). The molecule has 0 saturated heterocycles. The smallest absolute Gasteiger partial charge is 0.136 e. The number of hydrogen-bond acceptors (Lipinski definition) is 5. The third-order valence-electron chi connectivity index (χ3n) is 6.62. The lowest BCUT2D eigenvalue weighted by Crippen LogP contribution is -2.28. The number of pyridine rings is 1. The number of rotatable bonds is 4. The Kier molecular flexibility index (Phi) is 5.56. The highest BCUT2D eigenvalue weighted by Crippen LogP contribution is 2.32. The summed E-state index contributed by atoms with van der Waals surface area (Å²) in [5.74, 6) is 1.90. The maximum atomic E-state index is 5.01. The van der Waals surface area contributed by atoms with Crippen molar-refractivity contribution in [2.75, 3.05) is 32.9 Å². The van der Waals surface area contributed by atoms with Gasteiger partial charge in [-0.1, -0.05) is 41.5 Å². The highest BCUT2D eigenvalue weighted by Gasteiger charge is 2.22. The van der Waals surface area contributed by atoms with E-state index in [2.05, 4.69) is 128 Å². The molecule has 3 aromatic rings. The quantitative estimate of drug-likeness (QED) is 0.455. The Bertz CT molecular complexity index is 1160. The molecule has 0 spiro atoms. The average molecular weight is 452 g/mol. The van der Waals surface area contributed by atoms with Crippen LogP contribution in [0.25, 0.3) is 0 Å². The molecule has 0 radical (unpaired) electrons. The van der Waals surface area contributed by atoms with Crippen molar-refractivity contribution in [1.82, 2.24) is 4.98 Å². The van der Waals surface area contributed by atoms with Crippen LogP contribution in [-0.4, -0.2) is 18.3 Å². The Balaban J connectivity index is 1.33. The highest BCUT2D eigenvalue weighted by atomic mass is 15.4. The predicted molar refractivity (Wildman–Crippen MR) is 143 cm³/mol. The second-order valence-electron chi connectivity index (χ2n) is 9.61. The molecule has 0 fully saturated rings. The van der Waals surface area contributed by atoms with Gasteiger partial charge in [-0.2, -0.15) is 0 Å². The van der Waals surface area contributed by atoms with Crippen molar-refractivity contribution in [3.05, 3.63) is 101 Å². The summed E-state index contributed by atoms with van der Waals surface area (Å²) in [6.45, 7) is 14.6. The first-order valence-electron chi connectivity index (χ1n) is 11.9. The van der Waals surface area contributed by atoms with Crippen LogP contribution in [0.4, 0.5) is 23.0 Å². The van der Waals surface area contributed by atoms with Crippen molar-refractivity contribution in [2.45, 2.75) is 41.5 Å². The van der Waals surface area contributed by atoms with Crippen LogP contribution in [0.15, 0.2) is 67.3 Å². The van der Waals surface area contributed by atoms with E-state index in [-0.39, 0.29) is 0 Å². The molecule has 2 aliphatic heterocycles. The molecule has 5 nitrogen and oxygen atoms in total. The van der Waals surface area contributed by atoms with Crippen molar-refractivity contribution in [3.63, 3.8) is 0 Å². The van der Waals surface area contributed by atoms with Gasteiger partial charge in [-0.25, -0.2) is 4.98 Å². The molecule has 3 heterocycles. The first-order chi connectivity index (χ1) is 16.3. The van der Waals surface area contributed by atoms with Gasteiger partial charge in [0.25, 0.3) is 0 Å². The number of benzene rings is 2. The first-order valence-corrected chi connectivity index (χ1v) is 11.9. The van der Waals surface area contributed by atoms with Gasteiger partial charge in [0.05, 0.1) is 0 Å². The van der Waals surface area contributed by atoms with Gasteiger partial charge >= 0.3 is 0 Å². The minimum absolute atomic E-state index is 0.755. The number of nitrogens with zero attached hydrogens (tertiary/aromatic N) is 5. The highest BCUT2D eigenvalue weighted by molar-refractivity contribution is 5.67. The zero-order valence-corrected chi connectivity index (χ0v) is 21.0. The zero-order valence-electron chi connectivity index (χ0n) is 21.0. The van der Waals surface area contributed by atoms with Crippen LogP contribution >= 0.6 is 0 Å². The van der Waals surface area contributed by atoms with E-state index in [1.54, 1.807) is 0 Å². The van der Waals surface area contributed by atoms with E-state index in [4.69, 9.17) is 4.98 Å². The van der Waals surface area contributed by atoms with Gasteiger partial charge in [0.2, 0.25) is 0 Å². The molecular weight excluding hydrogens is 418 g/mol. The first kappa shape index (κ1) is 22.1. The third-order valence-corrected chi connectivity index (χ3v) is 6.62.